The van der Waals surface area contributed by atoms with E-state index < -0.39 is 10.0 Å². The maximum Gasteiger partial charge on any atom is 0.243 e. The molecule has 2 heterocycles. The van der Waals surface area contributed by atoms with E-state index in [1.165, 1.54) is 0 Å². The lowest BCUT2D eigenvalue weighted by Crippen LogP contribution is -2.48. The van der Waals surface area contributed by atoms with Crippen molar-refractivity contribution in [1.29, 1.82) is 0 Å². The van der Waals surface area contributed by atoms with E-state index in [1.807, 2.05) is 51.1 Å². The fraction of sp³-hybridized carbons (Fsp3) is 0.375. The number of hydrogen-bond acceptors (Lipinski definition) is 6. The summed E-state index contributed by atoms with van der Waals surface area (Å²) in [5.74, 6) is 0.842. The second-order valence-corrected chi connectivity index (χ2v) is 11.0. The molecule has 1 aromatic heterocycles. The van der Waals surface area contributed by atoms with E-state index in [0.717, 1.165) is 45.2 Å². The molecule has 0 unspecified atom stereocenters. The lowest BCUT2D eigenvalue weighted by molar-refractivity contribution is 0.384. The van der Waals surface area contributed by atoms with Crippen molar-refractivity contribution in [2.24, 2.45) is 0 Å². The maximum atomic E-state index is 13.3. The summed E-state index contributed by atoms with van der Waals surface area (Å²) >= 11 is 1.61. The first kappa shape index (κ1) is 22.8. The van der Waals surface area contributed by atoms with Gasteiger partial charge in [-0.25, -0.2) is 13.4 Å². The van der Waals surface area contributed by atoms with Crippen LogP contribution in [0.3, 0.4) is 0 Å². The lowest BCUT2D eigenvalue weighted by Gasteiger charge is -2.34. The van der Waals surface area contributed by atoms with Crippen molar-refractivity contribution >= 4 is 26.5 Å². The lowest BCUT2D eigenvalue weighted by atomic mass is 10.1. The molecule has 0 N–H and O–H groups in total. The number of nitrogens with zero attached hydrogens (tertiary/aromatic N) is 3. The summed E-state index contributed by atoms with van der Waals surface area (Å²) in [6.07, 6.45) is 0.744. The first-order chi connectivity index (χ1) is 15.3. The van der Waals surface area contributed by atoms with Gasteiger partial charge in [-0.15, -0.1) is 11.3 Å². The van der Waals surface area contributed by atoms with E-state index in [2.05, 4.69) is 16.3 Å². The minimum Gasteiger partial charge on any atom is -0.497 e. The second kappa shape index (κ2) is 9.21. The summed E-state index contributed by atoms with van der Waals surface area (Å²) in [7, 11) is -1.84. The Balaban J connectivity index is 1.43. The van der Waals surface area contributed by atoms with E-state index in [0.29, 0.717) is 31.1 Å². The van der Waals surface area contributed by atoms with Gasteiger partial charge < -0.3 is 9.64 Å². The SMILES string of the molecule is COc1cccc(Cc2csc(N3CCN(S(=O)(=O)c4c(C)cc(C)cc4C)CC3)n2)c1. The van der Waals surface area contributed by atoms with Crippen LogP contribution >= 0.6 is 11.3 Å². The number of thiazole rings is 1. The molecule has 0 radical (unpaired) electrons. The summed E-state index contributed by atoms with van der Waals surface area (Å²) in [5.41, 5.74) is 4.87. The first-order valence-electron chi connectivity index (χ1n) is 10.7. The molecule has 0 spiro atoms. The van der Waals surface area contributed by atoms with Crippen molar-refractivity contribution < 1.29 is 13.2 Å². The zero-order valence-electron chi connectivity index (χ0n) is 19.0. The number of rotatable bonds is 6. The van der Waals surface area contributed by atoms with Gasteiger partial charge in [0, 0.05) is 38.0 Å². The van der Waals surface area contributed by atoms with E-state index in [9.17, 15) is 8.42 Å². The Kier molecular flexibility index (Phi) is 6.55. The number of piperazine rings is 1. The molecule has 0 atom stereocenters. The van der Waals surface area contributed by atoms with Crippen LogP contribution in [0.25, 0.3) is 0 Å². The number of aryl methyl sites for hydroxylation is 3. The predicted octanol–water partition coefficient (Wildman–Crippen LogP) is 4.18. The molecule has 170 valence electrons. The zero-order valence-corrected chi connectivity index (χ0v) is 20.6. The van der Waals surface area contributed by atoms with Gasteiger partial charge in [-0.1, -0.05) is 29.8 Å². The quantitative estimate of drug-likeness (QED) is 0.540. The minimum atomic E-state index is -3.51. The third-order valence-corrected chi connectivity index (χ3v) is 8.93. The van der Waals surface area contributed by atoms with Gasteiger partial charge in [0.1, 0.15) is 5.75 Å². The van der Waals surface area contributed by atoms with Crippen molar-refractivity contribution in [2.45, 2.75) is 32.1 Å². The molecule has 2 aromatic carbocycles. The van der Waals surface area contributed by atoms with Gasteiger partial charge in [-0.05, 0) is 49.6 Å². The van der Waals surface area contributed by atoms with Gasteiger partial charge in [0.25, 0.3) is 0 Å². The molecule has 0 aliphatic carbocycles. The monoisotopic (exact) mass is 471 g/mol. The number of hydrogen-bond donors (Lipinski definition) is 0. The van der Waals surface area contributed by atoms with E-state index in [-0.39, 0.29) is 0 Å². The molecule has 1 aliphatic rings. The highest BCUT2D eigenvalue weighted by Crippen LogP contribution is 2.28. The summed E-state index contributed by atoms with van der Waals surface area (Å²) in [5, 5.41) is 3.03. The number of sulfonamides is 1. The average Bonchev–Trinajstić information content (AvgIpc) is 3.21. The molecule has 1 aliphatic heterocycles. The molecule has 0 saturated carbocycles. The van der Waals surface area contributed by atoms with Gasteiger partial charge >= 0.3 is 0 Å². The van der Waals surface area contributed by atoms with Crippen LogP contribution in [0.2, 0.25) is 0 Å². The highest BCUT2D eigenvalue weighted by atomic mass is 32.2. The van der Waals surface area contributed by atoms with Crippen LogP contribution < -0.4 is 9.64 Å². The Morgan fingerprint density at radius 2 is 1.72 bits per heavy atom. The van der Waals surface area contributed by atoms with Crippen LogP contribution in [0.15, 0.2) is 46.7 Å². The molecule has 4 rings (SSSR count). The number of methoxy groups -OCH3 is 1. The van der Waals surface area contributed by atoms with Crippen molar-refractivity contribution in [3.05, 3.63) is 69.7 Å². The Bertz CT molecular complexity index is 1190. The summed E-state index contributed by atoms with van der Waals surface area (Å²) < 4.78 is 33.6. The highest BCUT2D eigenvalue weighted by molar-refractivity contribution is 7.89. The van der Waals surface area contributed by atoms with E-state index in [1.54, 1.807) is 22.8 Å². The van der Waals surface area contributed by atoms with Gasteiger partial charge in [0.05, 0.1) is 17.7 Å². The van der Waals surface area contributed by atoms with E-state index in [4.69, 9.17) is 9.72 Å². The summed E-state index contributed by atoms with van der Waals surface area (Å²) in [6.45, 7) is 7.93. The molecular weight excluding hydrogens is 442 g/mol. The van der Waals surface area contributed by atoms with Crippen LogP contribution in [0, 0.1) is 20.8 Å². The van der Waals surface area contributed by atoms with Crippen LogP contribution in [-0.4, -0.2) is 51.0 Å². The van der Waals surface area contributed by atoms with Gasteiger partial charge in [0.15, 0.2) is 5.13 Å². The Hall–Kier alpha value is -2.42. The Labute approximate surface area is 194 Å². The van der Waals surface area contributed by atoms with Crippen LogP contribution in [0.4, 0.5) is 5.13 Å². The third kappa shape index (κ3) is 4.67. The highest BCUT2D eigenvalue weighted by Gasteiger charge is 2.31. The molecule has 0 bridgehead atoms. The van der Waals surface area contributed by atoms with Gasteiger partial charge in [-0.2, -0.15) is 4.31 Å². The average molecular weight is 472 g/mol. The maximum absolute atomic E-state index is 13.3. The third-order valence-electron chi connectivity index (χ3n) is 5.77. The normalized spacial score (nSPS) is 15.2. The van der Waals surface area contributed by atoms with Crippen molar-refractivity contribution in [1.82, 2.24) is 9.29 Å². The molecule has 6 nitrogen and oxygen atoms in total. The largest absolute Gasteiger partial charge is 0.497 e. The van der Waals surface area contributed by atoms with Crippen molar-refractivity contribution in [3.8, 4) is 5.75 Å². The Morgan fingerprint density at radius 3 is 2.38 bits per heavy atom. The Morgan fingerprint density at radius 1 is 1.03 bits per heavy atom. The first-order valence-corrected chi connectivity index (χ1v) is 13.0. The fourth-order valence-corrected chi connectivity index (χ4v) is 7.05. The number of ether oxygens (including phenoxy) is 1. The van der Waals surface area contributed by atoms with Crippen molar-refractivity contribution in [3.63, 3.8) is 0 Å². The molecule has 1 saturated heterocycles. The summed E-state index contributed by atoms with van der Waals surface area (Å²) in [4.78, 5) is 7.44. The molecule has 1 fully saturated rings. The van der Waals surface area contributed by atoms with Crippen LogP contribution in [-0.2, 0) is 16.4 Å². The molecule has 3 aromatic rings. The summed E-state index contributed by atoms with van der Waals surface area (Å²) in [6, 6.07) is 11.9. The standard InChI is InChI=1S/C24H29N3O3S2/c1-17-12-18(2)23(19(3)13-17)32(28,29)27-10-8-26(9-11-27)24-25-21(16-31-24)14-20-6-5-7-22(15-20)30-4/h5-7,12-13,15-16H,8-11,14H2,1-4H3. The second-order valence-electron chi connectivity index (χ2n) is 8.27. The molecule has 8 heteroatoms. The molecule has 32 heavy (non-hydrogen) atoms. The minimum absolute atomic E-state index is 0.450. The van der Waals surface area contributed by atoms with Gasteiger partial charge in [-0.3, -0.25) is 0 Å². The van der Waals surface area contributed by atoms with Crippen LogP contribution in [0.5, 0.6) is 5.75 Å². The number of anilines is 1. The van der Waals surface area contributed by atoms with E-state index >= 15 is 0 Å². The topological polar surface area (TPSA) is 62.7 Å². The van der Waals surface area contributed by atoms with Crippen LogP contribution in [0.1, 0.15) is 27.9 Å². The predicted molar refractivity (Wildman–Crippen MR) is 130 cm³/mol. The number of aromatic nitrogens is 1. The molecule has 0 amide bonds. The molecular formula is C24H29N3O3S2. The number of benzene rings is 2. The fourth-order valence-electron chi connectivity index (χ4n) is 4.34. The van der Waals surface area contributed by atoms with Crippen molar-refractivity contribution in [2.75, 3.05) is 38.2 Å². The smallest absolute Gasteiger partial charge is 0.243 e. The van der Waals surface area contributed by atoms with Gasteiger partial charge in [0.2, 0.25) is 10.0 Å². The zero-order chi connectivity index (χ0) is 22.9.